The molecule has 1 aromatic rings. The maximum Gasteiger partial charge on any atom is 0.177 e. The number of hydrogen-bond donors (Lipinski definition) is 0. The molecule has 1 aromatic heterocycles. The van der Waals surface area contributed by atoms with E-state index < -0.39 is 0 Å². The van der Waals surface area contributed by atoms with Crippen LogP contribution in [0.4, 0.5) is 0 Å². The van der Waals surface area contributed by atoms with Gasteiger partial charge < -0.3 is 4.74 Å². The highest BCUT2D eigenvalue weighted by Crippen LogP contribution is 2.45. The quantitative estimate of drug-likeness (QED) is 0.758. The van der Waals surface area contributed by atoms with Crippen molar-refractivity contribution in [2.75, 3.05) is 6.61 Å². The molecule has 2 aliphatic rings. The second-order valence-corrected chi connectivity index (χ2v) is 6.06. The van der Waals surface area contributed by atoms with E-state index in [1.807, 2.05) is 6.92 Å². The van der Waals surface area contributed by atoms with E-state index >= 15 is 0 Å². The normalized spacial score (nSPS) is 26.8. The number of hydrogen-bond acceptors (Lipinski definition) is 4. The summed E-state index contributed by atoms with van der Waals surface area (Å²) in [5.41, 5.74) is 2.70. The Hall–Kier alpha value is -0.740. The van der Waals surface area contributed by atoms with Crippen LogP contribution >= 0.6 is 11.3 Å². The van der Waals surface area contributed by atoms with Gasteiger partial charge in [-0.15, -0.1) is 11.3 Å². The topological polar surface area (TPSA) is 39.2 Å². The predicted octanol–water partition coefficient (Wildman–Crippen LogP) is 2.98. The second-order valence-electron chi connectivity index (χ2n) is 5.21. The largest absolute Gasteiger partial charge is 0.375 e. The molecule has 1 unspecified atom stereocenters. The van der Waals surface area contributed by atoms with Crippen LogP contribution in [0.25, 0.3) is 0 Å². The first kappa shape index (κ1) is 11.4. The molecule has 2 heterocycles. The lowest BCUT2D eigenvalue weighted by atomic mass is 9.71. The molecule has 1 aliphatic heterocycles. The summed E-state index contributed by atoms with van der Waals surface area (Å²) in [6, 6.07) is 0. The second kappa shape index (κ2) is 4.18. The highest BCUT2D eigenvalue weighted by Gasteiger charge is 2.44. The molecule has 0 aromatic carbocycles. The average molecular weight is 251 g/mol. The predicted molar refractivity (Wildman–Crippen MR) is 66.4 cm³/mol. The van der Waals surface area contributed by atoms with Crippen LogP contribution in [0, 0.1) is 12.8 Å². The molecule has 0 bridgehead atoms. The van der Waals surface area contributed by atoms with Gasteiger partial charge in [-0.25, -0.2) is 4.98 Å². The summed E-state index contributed by atoms with van der Waals surface area (Å²) in [7, 11) is 0. The lowest BCUT2D eigenvalue weighted by Gasteiger charge is -2.46. The lowest BCUT2D eigenvalue weighted by molar-refractivity contribution is -0.137. The molecule has 1 aliphatic carbocycles. The molecule has 0 N–H and O–H groups in total. The van der Waals surface area contributed by atoms with Crippen LogP contribution in [0.1, 0.15) is 47.5 Å². The van der Waals surface area contributed by atoms with Crippen LogP contribution in [-0.4, -0.2) is 23.0 Å². The molecule has 1 saturated heterocycles. The zero-order valence-corrected chi connectivity index (χ0v) is 10.9. The van der Waals surface area contributed by atoms with E-state index in [0.29, 0.717) is 5.78 Å². The minimum atomic E-state index is 0.0527. The van der Waals surface area contributed by atoms with Crippen molar-refractivity contribution in [2.24, 2.45) is 5.92 Å². The van der Waals surface area contributed by atoms with Gasteiger partial charge in [0.2, 0.25) is 0 Å². The van der Waals surface area contributed by atoms with Gasteiger partial charge in [0, 0.05) is 12.5 Å². The van der Waals surface area contributed by atoms with E-state index in [9.17, 15) is 4.79 Å². The third kappa shape index (κ3) is 1.93. The summed E-state index contributed by atoms with van der Waals surface area (Å²) in [5, 5.41) is 0. The highest BCUT2D eigenvalue weighted by molar-refractivity contribution is 7.11. The zero-order valence-electron chi connectivity index (χ0n) is 10.1. The fourth-order valence-corrected chi connectivity index (χ4v) is 3.72. The molecule has 1 saturated carbocycles. The Labute approximate surface area is 105 Å². The molecule has 0 radical (unpaired) electrons. The molecular weight excluding hydrogens is 234 g/mol. The number of Topliss-reactive ketones (excluding diaryl/α,β-unsaturated/α-hetero) is 1. The highest BCUT2D eigenvalue weighted by atomic mass is 32.1. The number of aromatic nitrogens is 1. The minimum absolute atomic E-state index is 0.0527. The van der Waals surface area contributed by atoms with Crippen LogP contribution in [0.5, 0.6) is 0 Å². The summed E-state index contributed by atoms with van der Waals surface area (Å²) in [6.45, 7) is 2.66. The maximum absolute atomic E-state index is 12.4. The Morgan fingerprint density at radius 3 is 3.00 bits per heavy atom. The molecule has 17 heavy (non-hydrogen) atoms. The Morgan fingerprint density at radius 1 is 1.59 bits per heavy atom. The van der Waals surface area contributed by atoms with Gasteiger partial charge >= 0.3 is 0 Å². The molecule has 1 atom stereocenters. The minimum Gasteiger partial charge on any atom is -0.375 e. The van der Waals surface area contributed by atoms with Gasteiger partial charge in [-0.1, -0.05) is 0 Å². The Morgan fingerprint density at radius 2 is 2.41 bits per heavy atom. The van der Waals surface area contributed by atoms with Crippen LogP contribution in [0.15, 0.2) is 5.51 Å². The van der Waals surface area contributed by atoms with Crippen molar-refractivity contribution in [2.45, 2.75) is 44.6 Å². The van der Waals surface area contributed by atoms with Gasteiger partial charge in [-0.3, -0.25) is 4.79 Å². The van der Waals surface area contributed by atoms with Crippen molar-refractivity contribution in [1.82, 2.24) is 4.98 Å². The van der Waals surface area contributed by atoms with E-state index in [-0.39, 0.29) is 11.5 Å². The SMILES string of the molecule is Cc1ncsc1C(=O)C1CCOC2(CCC2)C1. The fraction of sp³-hybridized carbons (Fsp3) is 0.692. The standard InChI is InChI=1S/C13H17NO2S/c1-9-12(17-8-14-9)11(15)10-3-6-16-13(7-10)4-2-5-13/h8,10H,2-7H2,1H3. The Bertz CT molecular complexity index is 436. The summed E-state index contributed by atoms with van der Waals surface area (Å²) in [6.07, 6.45) is 5.32. The first-order valence-corrected chi connectivity index (χ1v) is 7.16. The number of ether oxygens (including phenoxy) is 1. The van der Waals surface area contributed by atoms with Crippen molar-refractivity contribution < 1.29 is 9.53 Å². The molecule has 0 amide bonds. The van der Waals surface area contributed by atoms with Gasteiger partial charge in [-0.05, 0) is 39.0 Å². The molecule has 3 nitrogen and oxygen atoms in total. The van der Waals surface area contributed by atoms with Crippen molar-refractivity contribution in [3.8, 4) is 0 Å². The van der Waals surface area contributed by atoms with Gasteiger partial charge in [-0.2, -0.15) is 0 Å². The van der Waals surface area contributed by atoms with E-state index in [4.69, 9.17) is 4.74 Å². The van der Waals surface area contributed by atoms with Crippen molar-refractivity contribution >= 4 is 17.1 Å². The third-order valence-corrected chi connectivity index (χ3v) is 5.04. The molecule has 1 spiro atoms. The van der Waals surface area contributed by atoms with Crippen LogP contribution in [0.2, 0.25) is 0 Å². The molecule has 4 heteroatoms. The number of carbonyl (C=O) groups is 1. The van der Waals surface area contributed by atoms with E-state index in [1.165, 1.54) is 17.8 Å². The summed E-state index contributed by atoms with van der Waals surface area (Å²) >= 11 is 1.48. The van der Waals surface area contributed by atoms with Crippen molar-refractivity contribution in [3.63, 3.8) is 0 Å². The van der Waals surface area contributed by atoms with Crippen molar-refractivity contribution in [1.29, 1.82) is 0 Å². The molecule has 92 valence electrons. The van der Waals surface area contributed by atoms with Crippen LogP contribution < -0.4 is 0 Å². The summed E-state index contributed by atoms with van der Waals surface area (Å²) < 4.78 is 5.86. The lowest BCUT2D eigenvalue weighted by Crippen LogP contribution is -2.47. The summed E-state index contributed by atoms with van der Waals surface area (Å²) in [5.74, 6) is 0.447. The van der Waals surface area contributed by atoms with Gasteiger partial charge in [0.1, 0.15) is 0 Å². The number of rotatable bonds is 2. The Kier molecular flexibility index (Phi) is 2.79. The van der Waals surface area contributed by atoms with E-state index in [2.05, 4.69) is 4.98 Å². The molecule has 3 rings (SSSR count). The summed E-state index contributed by atoms with van der Waals surface area (Å²) in [4.78, 5) is 17.4. The van der Waals surface area contributed by atoms with Gasteiger partial charge in [0.15, 0.2) is 5.78 Å². The first-order chi connectivity index (χ1) is 8.20. The number of ketones is 1. The van der Waals surface area contributed by atoms with Crippen LogP contribution in [-0.2, 0) is 4.74 Å². The van der Waals surface area contributed by atoms with Crippen molar-refractivity contribution in [3.05, 3.63) is 16.1 Å². The first-order valence-electron chi connectivity index (χ1n) is 6.28. The van der Waals surface area contributed by atoms with Gasteiger partial charge in [0.05, 0.1) is 21.7 Å². The fourth-order valence-electron chi connectivity index (χ4n) is 2.89. The van der Waals surface area contributed by atoms with Gasteiger partial charge in [0.25, 0.3) is 0 Å². The zero-order chi connectivity index (χ0) is 11.9. The molecule has 2 fully saturated rings. The average Bonchev–Trinajstić information content (AvgIpc) is 2.73. The number of nitrogens with zero attached hydrogens (tertiary/aromatic N) is 1. The number of thiazole rings is 1. The third-order valence-electron chi connectivity index (χ3n) is 4.10. The maximum atomic E-state index is 12.4. The molecular formula is C13H17NO2S. The number of aryl methyl sites for hydroxylation is 1. The monoisotopic (exact) mass is 251 g/mol. The van der Waals surface area contributed by atoms with E-state index in [1.54, 1.807) is 5.51 Å². The Balaban J connectivity index is 1.76. The smallest absolute Gasteiger partial charge is 0.177 e. The van der Waals surface area contributed by atoms with E-state index in [0.717, 1.165) is 42.9 Å². The number of carbonyl (C=O) groups excluding carboxylic acids is 1. The van der Waals surface area contributed by atoms with Crippen LogP contribution in [0.3, 0.4) is 0 Å².